The van der Waals surface area contributed by atoms with Crippen LogP contribution in [-0.4, -0.2) is 16.8 Å². The molecule has 0 bridgehead atoms. The van der Waals surface area contributed by atoms with Crippen molar-refractivity contribution in [2.45, 2.75) is 39.0 Å². The van der Waals surface area contributed by atoms with Crippen LogP contribution in [0, 0.1) is 6.92 Å². The van der Waals surface area contributed by atoms with Crippen molar-refractivity contribution in [3.63, 3.8) is 0 Å². The highest BCUT2D eigenvalue weighted by Crippen LogP contribution is 2.38. The van der Waals surface area contributed by atoms with Crippen molar-refractivity contribution in [2.75, 3.05) is 10.6 Å². The van der Waals surface area contributed by atoms with E-state index in [1.54, 1.807) is 12.1 Å². The molecule has 0 saturated carbocycles. The van der Waals surface area contributed by atoms with Gasteiger partial charge in [0.25, 0.3) is 5.56 Å². The Morgan fingerprint density at radius 2 is 1.86 bits per heavy atom. The van der Waals surface area contributed by atoms with Crippen LogP contribution in [-0.2, 0) is 21.4 Å². The predicted molar refractivity (Wildman–Crippen MR) is 114 cm³/mol. The second-order valence-corrected chi connectivity index (χ2v) is 8.10. The topological polar surface area (TPSA) is 91.1 Å². The minimum Gasteiger partial charge on any atom is -0.326 e. The van der Waals surface area contributed by atoms with E-state index in [0.29, 0.717) is 17.7 Å². The number of carbonyl (C=O) groups is 2. The smallest absolute Gasteiger partial charge is 0.251 e. The van der Waals surface area contributed by atoms with Crippen molar-refractivity contribution < 1.29 is 9.59 Å². The minimum absolute atomic E-state index is 0.0540. The van der Waals surface area contributed by atoms with Crippen LogP contribution >= 0.6 is 0 Å². The van der Waals surface area contributed by atoms with E-state index in [9.17, 15) is 14.4 Å². The summed E-state index contributed by atoms with van der Waals surface area (Å²) >= 11 is 0. The zero-order valence-corrected chi connectivity index (χ0v) is 16.7. The molecule has 1 aliphatic heterocycles. The number of H-pyrrole nitrogens is 1. The van der Waals surface area contributed by atoms with Crippen molar-refractivity contribution >= 4 is 34.1 Å². The van der Waals surface area contributed by atoms with Crippen LogP contribution in [0.2, 0.25) is 0 Å². The number of hydrogen-bond donors (Lipinski definition) is 3. The van der Waals surface area contributed by atoms with E-state index >= 15 is 0 Å². The highest BCUT2D eigenvalue weighted by molar-refractivity contribution is 6.06. The van der Waals surface area contributed by atoms with Gasteiger partial charge in [-0.2, -0.15) is 0 Å². The Hall–Kier alpha value is -3.41. The lowest BCUT2D eigenvalue weighted by atomic mass is 9.86. The van der Waals surface area contributed by atoms with Gasteiger partial charge in [-0.25, -0.2) is 0 Å². The maximum atomic E-state index is 12.4. The van der Waals surface area contributed by atoms with E-state index in [4.69, 9.17) is 0 Å². The van der Waals surface area contributed by atoms with E-state index in [-0.39, 0.29) is 23.8 Å². The third-order valence-corrected chi connectivity index (χ3v) is 5.49. The molecular weight excluding hydrogens is 366 g/mol. The second-order valence-electron chi connectivity index (χ2n) is 8.10. The molecule has 0 fully saturated rings. The normalized spacial score (nSPS) is 14.5. The molecule has 2 amide bonds. The average molecular weight is 389 g/mol. The number of fused-ring (bicyclic) bond motifs is 2. The largest absolute Gasteiger partial charge is 0.326 e. The van der Waals surface area contributed by atoms with Crippen molar-refractivity contribution in [3.8, 4) is 0 Å². The number of hydrogen-bond acceptors (Lipinski definition) is 3. The molecule has 0 radical (unpaired) electrons. The maximum Gasteiger partial charge on any atom is 0.251 e. The summed E-state index contributed by atoms with van der Waals surface area (Å²) in [4.78, 5) is 39.7. The second kappa shape index (κ2) is 6.88. The first kappa shape index (κ1) is 18.9. The van der Waals surface area contributed by atoms with Crippen molar-refractivity contribution in [1.82, 2.24) is 4.98 Å². The lowest BCUT2D eigenvalue weighted by molar-refractivity contribution is -0.119. The van der Waals surface area contributed by atoms with E-state index in [1.165, 1.54) is 0 Å². The number of carbonyl (C=O) groups excluding carboxylic acids is 2. The van der Waals surface area contributed by atoms with Gasteiger partial charge in [-0.1, -0.05) is 12.1 Å². The number of benzene rings is 2. The summed E-state index contributed by atoms with van der Waals surface area (Å²) in [5, 5.41) is 6.67. The molecule has 2 aromatic carbocycles. The standard InChI is InChI=1S/C23H23N3O3/c1-13-4-5-14-11-15(21(28)25-19(14)10-13)6-9-20(27)24-16-7-8-18-17(12-16)23(2,3)22(29)26-18/h4-5,7-8,10-12H,6,9H2,1-3H3,(H,24,27)(H,25,28)(H,26,29). The summed E-state index contributed by atoms with van der Waals surface area (Å²) in [7, 11) is 0. The lowest BCUT2D eigenvalue weighted by Gasteiger charge is -2.16. The van der Waals surface area contributed by atoms with Crippen molar-refractivity contribution in [1.29, 1.82) is 0 Å². The van der Waals surface area contributed by atoms with Gasteiger partial charge in [0.2, 0.25) is 11.8 Å². The predicted octanol–water partition coefficient (Wildman–Crippen LogP) is 3.64. The molecule has 4 rings (SSSR count). The van der Waals surface area contributed by atoms with Gasteiger partial charge in [-0.15, -0.1) is 0 Å². The summed E-state index contributed by atoms with van der Waals surface area (Å²) in [5.74, 6) is -0.231. The molecule has 0 aliphatic carbocycles. The molecule has 6 nitrogen and oxygen atoms in total. The first-order chi connectivity index (χ1) is 13.7. The number of nitrogens with one attached hydrogen (secondary N) is 3. The summed E-state index contributed by atoms with van der Waals surface area (Å²) in [5.41, 5.74) is 3.94. The SMILES string of the molecule is Cc1ccc2cc(CCC(=O)Nc3ccc4c(c3)C(C)(C)C(=O)N4)c(=O)[nH]c2c1. The molecule has 2 heterocycles. The van der Waals surface area contributed by atoms with Gasteiger partial charge in [-0.05, 0) is 74.0 Å². The number of pyridine rings is 1. The van der Waals surface area contributed by atoms with E-state index < -0.39 is 5.41 Å². The molecule has 1 aliphatic rings. The molecule has 0 saturated heterocycles. The molecular formula is C23H23N3O3. The van der Waals surface area contributed by atoms with Crippen LogP contribution in [0.1, 0.15) is 37.0 Å². The van der Waals surface area contributed by atoms with Crippen LogP contribution in [0.4, 0.5) is 11.4 Å². The van der Waals surface area contributed by atoms with E-state index in [0.717, 1.165) is 27.7 Å². The quantitative estimate of drug-likeness (QED) is 0.636. The van der Waals surface area contributed by atoms with E-state index in [2.05, 4.69) is 15.6 Å². The van der Waals surface area contributed by atoms with Gasteiger partial charge in [0.15, 0.2) is 0 Å². The van der Waals surface area contributed by atoms with Gasteiger partial charge in [0, 0.05) is 28.9 Å². The third-order valence-electron chi connectivity index (χ3n) is 5.49. The summed E-state index contributed by atoms with van der Waals surface area (Å²) in [6, 6.07) is 13.1. The fraction of sp³-hybridized carbons (Fsp3) is 0.261. The number of aromatic nitrogens is 1. The molecule has 0 unspecified atom stereocenters. The molecule has 0 spiro atoms. The van der Waals surface area contributed by atoms with Crippen LogP contribution in [0.25, 0.3) is 10.9 Å². The van der Waals surface area contributed by atoms with Gasteiger partial charge in [0.05, 0.1) is 5.41 Å². The van der Waals surface area contributed by atoms with Gasteiger partial charge >= 0.3 is 0 Å². The molecule has 3 N–H and O–H groups in total. The number of rotatable bonds is 4. The number of anilines is 2. The molecule has 1 aromatic heterocycles. The zero-order valence-electron chi connectivity index (χ0n) is 16.7. The van der Waals surface area contributed by atoms with Crippen LogP contribution in [0.3, 0.4) is 0 Å². The Morgan fingerprint density at radius 1 is 1.07 bits per heavy atom. The fourth-order valence-corrected chi connectivity index (χ4v) is 3.67. The van der Waals surface area contributed by atoms with Crippen molar-refractivity contribution in [3.05, 3.63) is 69.5 Å². The Balaban J connectivity index is 1.46. The van der Waals surface area contributed by atoms with Gasteiger partial charge in [-0.3, -0.25) is 14.4 Å². The highest BCUT2D eigenvalue weighted by Gasteiger charge is 2.38. The van der Waals surface area contributed by atoms with Crippen LogP contribution in [0.15, 0.2) is 47.3 Å². The first-order valence-corrected chi connectivity index (χ1v) is 9.62. The summed E-state index contributed by atoms with van der Waals surface area (Å²) in [6.45, 7) is 5.68. The Kier molecular flexibility index (Phi) is 4.49. The van der Waals surface area contributed by atoms with Crippen LogP contribution < -0.4 is 16.2 Å². The monoisotopic (exact) mass is 389 g/mol. The molecule has 3 aromatic rings. The molecule has 0 atom stereocenters. The zero-order chi connectivity index (χ0) is 20.8. The lowest BCUT2D eigenvalue weighted by Crippen LogP contribution is -2.27. The number of aryl methyl sites for hydroxylation is 2. The summed E-state index contributed by atoms with van der Waals surface area (Å²) < 4.78 is 0. The van der Waals surface area contributed by atoms with Gasteiger partial charge in [0.1, 0.15) is 0 Å². The summed E-state index contributed by atoms with van der Waals surface area (Å²) in [6.07, 6.45) is 0.541. The molecule has 148 valence electrons. The Morgan fingerprint density at radius 3 is 2.66 bits per heavy atom. The Labute approximate surface area is 168 Å². The highest BCUT2D eigenvalue weighted by atomic mass is 16.2. The third kappa shape index (κ3) is 3.53. The van der Waals surface area contributed by atoms with Crippen LogP contribution in [0.5, 0.6) is 0 Å². The van der Waals surface area contributed by atoms with E-state index in [1.807, 2.05) is 51.1 Å². The molecule has 6 heteroatoms. The maximum absolute atomic E-state index is 12.4. The minimum atomic E-state index is -0.632. The Bertz CT molecular complexity index is 1210. The van der Waals surface area contributed by atoms with Crippen molar-refractivity contribution in [2.24, 2.45) is 0 Å². The number of amides is 2. The number of aromatic amines is 1. The first-order valence-electron chi connectivity index (χ1n) is 9.62. The fourth-order valence-electron chi connectivity index (χ4n) is 3.67. The average Bonchev–Trinajstić information content (AvgIpc) is 2.89. The molecule has 29 heavy (non-hydrogen) atoms. The van der Waals surface area contributed by atoms with Gasteiger partial charge < -0.3 is 15.6 Å².